The Morgan fingerprint density at radius 2 is 1.91 bits per heavy atom. The Labute approximate surface area is 128 Å². The number of pyridine rings is 1. The van der Waals surface area contributed by atoms with Gasteiger partial charge in [-0.05, 0) is 45.0 Å². The van der Waals surface area contributed by atoms with E-state index in [4.69, 9.17) is 9.47 Å². The topological polar surface area (TPSA) is 68.4 Å². The molecule has 0 unspecified atom stereocenters. The third kappa shape index (κ3) is 3.36. The lowest BCUT2D eigenvalue weighted by Gasteiger charge is -2.17. The number of H-pyrrole nitrogens is 1. The number of aromatic amines is 1. The van der Waals surface area contributed by atoms with Crippen LogP contribution in [-0.2, 0) is 4.74 Å². The van der Waals surface area contributed by atoms with Crippen LogP contribution in [-0.4, -0.2) is 18.1 Å². The standard InChI is InChI=1S/C17H19NO4/c1-10-5-8-15(21-4)14(9-10)12(3)22-17(20)13-7-6-11(2)18-16(13)19/h5-9,12H,1-4H3,(H,18,19)/t12-/m1/s1. The van der Waals surface area contributed by atoms with E-state index < -0.39 is 17.6 Å². The summed E-state index contributed by atoms with van der Waals surface area (Å²) in [6.45, 7) is 5.44. The van der Waals surface area contributed by atoms with Gasteiger partial charge >= 0.3 is 5.97 Å². The van der Waals surface area contributed by atoms with Gasteiger partial charge in [0.25, 0.3) is 5.56 Å². The van der Waals surface area contributed by atoms with Gasteiger partial charge in [-0.3, -0.25) is 4.79 Å². The number of carbonyl (C=O) groups is 1. The van der Waals surface area contributed by atoms with Crippen LogP contribution in [0.5, 0.6) is 5.75 Å². The maximum absolute atomic E-state index is 12.2. The van der Waals surface area contributed by atoms with Crippen molar-refractivity contribution in [3.05, 3.63) is 63.1 Å². The fraction of sp³-hybridized carbons (Fsp3) is 0.294. The second-order valence-electron chi connectivity index (χ2n) is 5.18. The largest absolute Gasteiger partial charge is 0.496 e. The van der Waals surface area contributed by atoms with Gasteiger partial charge in [0.05, 0.1) is 7.11 Å². The van der Waals surface area contributed by atoms with Gasteiger partial charge in [0.15, 0.2) is 0 Å². The zero-order valence-corrected chi connectivity index (χ0v) is 13.1. The number of carbonyl (C=O) groups excluding carboxylic acids is 1. The number of esters is 1. The minimum Gasteiger partial charge on any atom is -0.496 e. The highest BCUT2D eigenvalue weighted by Gasteiger charge is 2.19. The van der Waals surface area contributed by atoms with Crippen LogP contribution in [0.1, 0.15) is 40.2 Å². The molecule has 0 bridgehead atoms. The molecule has 0 aliphatic heterocycles. The van der Waals surface area contributed by atoms with Crippen molar-refractivity contribution in [1.29, 1.82) is 0 Å². The molecular formula is C17H19NO4. The number of rotatable bonds is 4. The SMILES string of the molecule is COc1ccc(C)cc1[C@@H](C)OC(=O)c1ccc(C)[nH]c1=O. The molecule has 0 spiro atoms. The average molecular weight is 301 g/mol. The van der Waals surface area contributed by atoms with E-state index in [9.17, 15) is 9.59 Å². The summed E-state index contributed by atoms with van der Waals surface area (Å²) in [7, 11) is 1.56. The minimum atomic E-state index is -0.655. The molecule has 0 amide bonds. The van der Waals surface area contributed by atoms with Gasteiger partial charge in [-0.15, -0.1) is 0 Å². The number of aromatic nitrogens is 1. The Morgan fingerprint density at radius 3 is 2.55 bits per heavy atom. The van der Waals surface area contributed by atoms with Crippen LogP contribution < -0.4 is 10.3 Å². The summed E-state index contributed by atoms with van der Waals surface area (Å²) in [5.74, 6) is -0.0129. The molecule has 2 aromatic rings. The van der Waals surface area contributed by atoms with E-state index in [2.05, 4.69) is 4.98 Å². The van der Waals surface area contributed by atoms with Crippen molar-refractivity contribution >= 4 is 5.97 Å². The normalized spacial score (nSPS) is 11.8. The Kier molecular flexibility index (Phi) is 4.65. The molecule has 0 fully saturated rings. The first kappa shape index (κ1) is 15.8. The predicted molar refractivity (Wildman–Crippen MR) is 83.4 cm³/mol. The van der Waals surface area contributed by atoms with E-state index in [1.807, 2.05) is 25.1 Å². The highest BCUT2D eigenvalue weighted by molar-refractivity contribution is 5.89. The van der Waals surface area contributed by atoms with Crippen LogP contribution >= 0.6 is 0 Å². The maximum Gasteiger partial charge on any atom is 0.344 e. The van der Waals surface area contributed by atoms with Crippen molar-refractivity contribution in [2.45, 2.75) is 26.9 Å². The van der Waals surface area contributed by atoms with E-state index >= 15 is 0 Å². The first-order chi connectivity index (χ1) is 10.4. The van der Waals surface area contributed by atoms with Crippen molar-refractivity contribution in [3.63, 3.8) is 0 Å². The molecule has 1 N–H and O–H groups in total. The Morgan fingerprint density at radius 1 is 1.18 bits per heavy atom. The Bertz CT molecular complexity index is 749. The lowest BCUT2D eigenvalue weighted by molar-refractivity contribution is 0.0331. The zero-order valence-electron chi connectivity index (χ0n) is 13.1. The summed E-state index contributed by atoms with van der Waals surface area (Å²) in [5.41, 5.74) is 2.03. The van der Waals surface area contributed by atoms with Gasteiger partial charge in [-0.25, -0.2) is 4.79 Å². The van der Waals surface area contributed by atoms with E-state index in [1.54, 1.807) is 27.0 Å². The number of aryl methyl sites for hydroxylation is 2. The van der Waals surface area contributed by atoms with Crippen LogP contribution in [0.2, 0.25) is 0 Å². The number of ether oxygens (including phenoxy) is 2. The van der Waals surface area contributed by atoms with Crippen LogP contribution in [0.25, 0.3) is 0 Å². The molecule has 0 saturated carbocycles. The van der Waals surface area contributed by atoms with Crippen molar-refractivity contribution in [2.75, 3.05) is 7.11 Å². The van der Waals surface area contributed by atoms with Gasteiger partial charge in [0, 0.05) is 11.3 Å². The van der Waals surface area contributed by atoms with Crippen molar-refractivity contribution in [2.24, 2.45) is 0 Å². The van der Waals surface area contributed by atoms with E-state index in [1.165, 1.54) is 6.07 Å². The molecule has 1 aromatic carbocycles. The Balaban J connectivity index is 2.25. The molecule has 2 rings (SSSR count). The van der Waals surface area contributed by atoms with Crippen LogP contribution in [0.15, 0.2) is 35.1 Å². The number of methoxy groups -OCH3 is 1. The molecule has 0 aliphatic rings. The molecule has 5 heteroatoms. The molecule has 0 radical (unpaired) electrons. The van der Waals surface area contributed by atoms with Crippen molar-refractivity contribution in [3.8, 4) is 5.75 Å². The van der Waals surface area contributed by atoms with Crippen LogP contribution in [0.4, 0.5) is 0 Å². The first-order valence-electron chi connectivity index (χ1n) is 6.98. The third-order valence-electron chi connectivity index (χ3n) is 3.38. The monoisotopic (exact) mass is 301 g/mol. The highest BCUT2D eigenvalue weighted by atomic mass is 16.5. The van der Waals surface area contributed by atoms with Gasteiger partial charge in [-0.2, -0.15) is 0 Å². The average Bonchev–Trinajstić information content (AvgIpc) is 2.46. The molecule has 116 valence electrons. The molecular weight excluding hydrogens is 282 g/mol. The van der Waals surface area contributed by atoms with Crippen molar-refractivity contribution in [1.82, 2.24) is 4.98 Å². The summed E-state index contributed by atoms with van der Waals surface area (Å²) in [5, 5.41) is 0. The fourth-order valence-electron chi connectivity index (χ4n) is 2.19. The quantitative estimate of drug-likeness (QED) is 0.882. The van der Waals surface area contributed by atoms with Crippen LogP contribution in [0.3, 0.4) is 0 Å². The molecule has 0 aliphatic carbocycles. The molecule has 0 saturated heterocycles. The predicted octanol–water partition coefficient (Wildman–Crippen LogP) is 2.92. The van der Waals surface area contributed by atoms with Crippen molar-refractivity contribution < 1.29 is 14.3 Å². The summed E-state index contributed by atoms with van der Waals surface area (Å²) in [6, 6.07) is 8.78. The molecule has 1 heterocycles. The molecule has 5 nitrogen and oxygen atoms in total. The summed E-state index contributed by atoms with van der Waals surface area (Å²) < 4.78 is 10.7. The number of benzene rings is 1. The van der Waals surface area contributed by atoms with Crippen LogP contribution in [0, 0.1) is 13.8 Å². The lowest BCUT2D eigenvalue weighted by Crippen LogP contribution is -2.21. The zero-order chi connectivity index (χ0) is 16.3. The lowest BCUT2D eigenvalue weighted by atomic mass is 10.1. The third-order valence-corrected chi connectivity index (χ3v) is 3.38. The summed E-state index contributed by atoms with van der Waals surface area (Å²) >= 11 is 0. The smallest absolute Gasteiger partial charge is 0.344 e. The van der Waals surface area contributed by atoms with Gasteiger partial charge < -0.3 is 14.5 Å². The second-order valence-corrected chi connectivity index (χ2v) is 5.18. The number of hydrogen-bond donors (Lipinski definition) is 1. The van der Waals surface area contributed by atoms with E-state index in [0.29, 0.717) is 11.4 Å². The van der Waals surface area contributed by atoms with E-state index in [-0.39, 0.29) is 5.56 Å². The highest BCUT2D eigenvalue weighted by Crippen LogP contribution is 2.28. The van der Waals surface area contributed by atoms with Gasteiger partial charge in [-0.1, -0.05) is 11.6 Å². The maximum atomic E-state index is 12.2. The number of hydrogen-bond acceptors (Lipinski definition) is 4. The first-order valence-corrected chi connectivity index (χ1v) is 6.98. The van der Waals surface area contributed by atoms with Gasteiger partial charge in [0.1, 0.15) is 17.4 Å². The number of nitrogens with one attached hydrogen (secondary N) is 1. The summed E-state index contributed by atoms with van der Waals surface area (Å²) in [6.07, 6.45) is -0.525. The summed E-state index contributed by atoms with van der Waals surface area (Å²) in [4.78, 5) is 26.5. The van der Waals surface area contributed by atoms with E-state index in [0.717, 1.165) is 11.1 Å². The minimum absolute atomic E-state index is 0.0101. The molecule has 22 heavy (non-hydrogen) atoms. The molecule has 1 aromatic heterocycles. The van der Waals surface area contributed by atoms with Gasteiger partial charge in [0.2, 0.25) is 0 Å². The fourth-order valence-corrected chi connectivity index (χ4v) is 2.19. The second kappa shape index (κ2) is 6.47. The Hall–Kier alpha value is -2.56. The molecule has 1 atom stereocenters.